The van der Waals surface area contributed by atoms with E-state index in [0.29, 0.717) is 26.3 Å². The van der Waals surface area contributed by atoms with Gasteiger partial charge in [-0.2, -0.15) is 0 Å². The Morgan fingerprint density at radius 1 is 1.30 bits per heavy atom. The van der Waals surface area contributed by atoms with Gasteiger partial charge in [-0.05, 0) is 23.4 Å². The molecule has 1 saturated heterocycles. The fraction of sp³-hybridized carbons (Fsp3) is 0.438. The number of ether oxygens (including phenoxy) is 1. The highest BCUT2D eigenvalue weighted by molar-refractivity contribution is 7.21. The number of fused-ring (bicyclic) bond motifs is 1. The molecule has 0 N–H and O–H groups in total. The lowest BCUT2D eigenvalue weighted by Gasteiger charge is -2.26. The molecule has 1 aromatic carbocycles. The molecule has 3 nitrogen and oxygen atoms in total. The summed E-state index contributed by atoms with van der Waals surface area (Å²) in [6.45, 7) is 4.88. The van der Waals surface area contributed by atoms with Crippen LogP contribution in [0.25, 0.3) is 10.1 Å². The molecule has 0 atom stereocenters. The molecule has 0 unspecified atom stereocenters. The molecule has 2 heterocycles. The SMILES string of the molecule is CCCc1c(C(=O)N2CCOCC2)sc2ccccc12. The second-order valence-electron chi connectivity index (χ2n) is 5.06. The van der Waals surface area contributed by atoms with Crippen LogP contribution >= 0.6 is 11.3 Å². The molecule has 1 aliphatic heterocycles. The monoisotopic (exact) mass is 289 g/mol. The first-order valence-electron chi connectivity index (χ1n) is 7.18. The van der Waals surface area contributed by atoms with Crippen LogP contribution in [0.5, 0.6) is 0 Å². The van der Waals surface area contributed by atoms with Gasteiger partial charge in [0.25, 0.3) is 5.91 Å². The fourth-order valence-electron chi connectivity index (χ4n) is 2.68. The standard InChI is InChI=1S/C16H19NO2S/c1-2-5-13-12-6-3-4-7-14(12)20-15(13)16(18)17-8-10-19-11-9-17/h3-4,6-7H,2,5,8-11H2,1H3. The van der Waals surface area contributed by atoms with Crippen molar-refractivity contribution in [2.75, 3.05) is 26.3 Å². The highest BCUT2D eigenvalue weighted by Gasteiger charge is 2.24. The topological polar surface area (TPSA) is 29.5 Å². The average Bonchev–Trinajstić information content (AvgIpc) is 2.87. The van der Waals surface area contributed by atoms with E-state index < -0.39 is 0 Å². The summed E-state index contributed by atoms with van der Waals surface area (Å²) in [6, 6.07) is 8.33. The van der Waals surface area contributed by atoms with Crippen LogP contribution in [0.2, 0.25) is 0 Å². The molecular weight excluding hydrogens is 270 g/mol. The van der Waals surface area contributed by atoms with Gasteiger partial charge in [-0.25, -0.2) is 0 Å². The number of thiophene rings is 1. The molecule has 4 heteroatoms. The zero-order chi connectivity index (χ0) is 13.9. The quantitative estimate of drug-likeness (QED) is 0.867. The number of amides is 1. The molecule has 0 spiro atoms. The molecule has 0 saturated carbocycles. The summed E-state index contributed by atoms with van der Waals surface area (Å²) >= 11 is 1.63. The van der Waals surface area contributed by atoms with E-state index in [4.69, 9.17) is 4.74 Å². The number of morpholine rings is 1. The number of benzene rings is 1. The fourth-order valence-corrected chi connectivity index (χ4v) is 3.90. The minimum Gasteiger partial charge on any atom is -0.378 e. The summed E-state index contributed by atoms with van der Waals surface area (Å²) in [5.41, 5.74) is 1.23. The van der Waals surface area contributed by atoms with E-state index in [1.165, 1.54) is 15.6 Å². The first-order valence-corrected chi connectivity index (χ1v) is 8.00. The highest BCUT2D eigenvalue weighted by atomic mass is 32.1. The van der Waals surface area contributed by atoms with Gasteiger partial charge in [0.05, 0.1) is 18.1 Å². The van der Waals surface area contributed by atoms with Crippen LogP contribution in [0.15, 0.2) is 24.3 Å². The van der Waals surface area contributed by atoms with Gasteiger partial charge in [0.15, 0.2) is 0 Å². The zero-order valence-electron chi connectivity index (χ0n) is 11.7. The molecule has 0 bridgehead atoms. The molecule has 106 valence electrons. The Kier molecular flexibility index (Phi) is 4.03. The van der Waals surface area contributed by atoms with Crippen LogP contribution in [-0.4, -0.2) is 37.1 Å². The minimum absolute atomic E-state index is 0.179. The Balaban J connectivity index is 2.00. The Bertz CT molecular complexity index is 614. The van der Waals surface area contributed by atoms with Gasteiger partial charge in [-0.1, -0.05) is 31.5 Å². The number of hydrogen-bond acceptors (Lipinski definition) is 3. The number of carbonyl (C=O) groups excluding carboxylic acids is 1. The molecule has 1 amide bonds. The summed E-state index contributed by atoms with van der Waals surface area (Å²) < 4.78 is 6.55. The van der Waals surface area contributed by atoms with Gasteiger partial charge < -0.3 is 9.64 Å². The summed E-state index contributed by atoms with van der Waals surface area (Å²) in [7, 11) is 0. The maximum absolute atomic E-state index is 12.7. The van der Waals surface area contributed by atoms with Gasteiger partial charge in [-0.15, -0.1) is 11.3 Å². The van der Waals surface area contributed by atoms with E-state index in [1.54, 1.807) is 11.3 Å². The van der Waals surface area contributed by atoms with Gasteiger partial charge in [0.1, 0.15) is 0 Å². The Hall–Kier alpha value is -1.39. The Morgan fingerprint density at radius 3 is 2.80 bits per heavy atom. The van der Waals surface area contributed by atoms with Gasteiger partial charge in [0.2, 0.25) is 0 Å². The van der Waals surface area contributed by atoms with Gasteiger partial charge >= 0.3 is 0 Å². The minimum atomic E-state index is 0.179. The number of rotatable bonds is 3. The lowest BCUT2D eigenvalue weighted by molar-refractivity contribution is 0.0305. The molecule has 1 aromatic heterocycles. The molecular formula is C16H19NO2S. The first kappa shape index (κ1) is 13.6. The van der Waals surface area contributed by atoms with Crippen LogP contribution in [0, 0.1) is 0 Å². The smallest absolute Gasteiger partial charge is 0.264 e. The maximum atomic E-state index is 12.7. The van der Waals surface area contributed by atoms with Crippen molar-refractivity contribution >= 4 is 27.3 Å². The number of nitrogens with zero attached hydrogens (tertiary/aromatic N) is 1. The Labute approximate surface area is 123 Å². The molecule has 3 rings (SSSR count). The van der Waals surface area contributed by atoms with Gasteiger partial charge in [-0.3, -0.25) is 4.79 Å². The van der Waals surface area contributed by atoms with E-state index in [2.05, 4.69) is 25.1 Å². The number of hydrogen-bond donors (Lipinski definition) is 0. The summed E-state index contributed by atoms with van der Waals surface area (Å²) in [4.78, 5) is 15.6. The third kappa shape index (κ3) is 2.45. The van der Waals surface area contributed by atoms with Crippen molar-refractivity contribution in [1.82, 2.24) is 4.90 Å². The van der Waals surface area contributed by atoms with Crippen molar-refractivity contribution in [2.45, 2.75) is 19.8 Å². The summed E-state index contributed by atoms with van der Waals surface area (Å²) in [5.74, 6) is 0.179. The van der Waals surface area contributed by atoms with Crippen LogP contribution in [0.1, 0.15) is 28.6 Å². The van der Waals surface area contributed by atoms with Crippen molar-refractivity contribution in [2.24, 2.45) is 0 Å². The lowest BCUT2D eigenvalue weighted by Crippen LogP contribution is -2.40. The van der Waals surface area contributed by atoms with Crippen LogP contribution in [0.3, 0.4) is 0 Å². The van der Waals surface area contributed by atoms with Crippen molar-refractivity contribution < 1.29 is 9.53 Å². The first-order chi connectivity index (χ1) is 9.81. The molecule has 0 aliphatic carbocycles. The van der Waals surface area contributed by atoms with E-state index >= 15 is 0 Å². The van der Waals surface area contributed by atoms with E-state index in [9.17, 15) is 4.79 Å². The largest absolute Gasteiger partial charge is 0.378 e. The Morgan fingerprint density at radius 2 is 2.05 bits per heavy atom. The second kappa shape index (κ2) is 5.94. The van der Waals surface area contributed by atoms with E-state index in [1.807, 2.05) is 11.0 Å². The third-order valence-corrected chi connectivity index (χ3v) is 4.89. The second-order valence-corrected chi connectivity index (χ2v) is 6.11. The van der Waals surface area contributed by atoms with Crippen molar-refractivity contribution in [1.29, 1.82) is 0 Å². The number of aryl methyl sites for hydroxylation is 1. The van der Waals surface area contributed by atoms with Crippen molar-refractivity contribution in [3.05, 3.63) is 34.7 Å². The normalized spacial score (nSPS) is 15.8. The average molecular weight is 289 g/mol. The predicted octanol–water partition coefficient (Wildman–Crippen LogP) is 3.33. The maximum Gasteiger partial charge on any atom is 0.264 e. The van der Waals surface area contributed by atoms with E-state index in [0.717, 1.165) is 17.7 Å². The van der Waals surface area contributed by atoms with Gasteiger partial charge in [0, 0.05) is 17.8 Å². The number of carbonyl (C=O) groups is 1. The highest BCUT2D eigenvalue weighted by Crippen LogP contribution is 2.33. The predicted molar refractivity (Wildman–Crippen MR) is 82.5 cm³/mol. The van der Waals surface area contributed by atoms with Crippen molar-refractivity contribution in [3.8, 4) is 0 Å². The molecule has 1 aliphatic rings. The van der Waals surface area contributed by atoms with Crippen LogP contribution < -0.4 is 0 Å². The third-order valence-electron chi connectivity index (χ3n) is 3.69. The summed E-state index contributed by atoms with van der Waals surface area (Å²) in [5, 5.41) is 1.25. The van der Waals surface area contributed by atoms with Crippen LogP contribution in [-0.2, 0) is 11.2 Å². The molecule has 2 aromatic rings. The van der Waals surface area contributed by atoms with Crippen LogP contribution in [0.4, 0.5) is 0 Å². The van der Waals surface area contributed by atoms with Crippen molar-refractivity contribution in [3.63, 3.8) is 0 Å². The summed E-state index contributed by atoms with van der Waals surface area (Å²) in [6.07, 6.45) is 2.03. The zero-order valence-corrected chi connectivity index (χ0v) is 12.5. The van der Waals surface area contributed by atoms with E-state index in [-0.39, 0.29) is 5.91 Å². The molecule has 20 heavy (non-hydrogen) atoms. The lowest BCUT2D eigenvalue weighted by atomic mass is 10.1. The molecule has 1 fully saturated rings. The molecule has 0 radical (unpaired) electrons.